The zero-order valence-electron chi connectivity index (χ0n) is 8.95. The van der Waals surface area contributed by atoms with E-state index in [1.54, 1.807) is 0 Å². The second-order valence-electron chi connectivity index (χ2n) is 3.92. The molecule has 1 saturated carbocycles. The van der Waals surface area contributed by atoms with E-state index < -0.39 is 0 Å². The molecule has 3 unspecified atom stereocenters. The van der Waals surface area contributed by atoms with Gasteiger partial charge in [0, 0.05) is 13.2 Å². The zero-order valence-corrected chi connectivity index (χ0v) is 8.95. The van der Waals surface area contributed by atoms with Crippen molar-refractivity contribution in [1.82, 2.24) is 5.32 Å². The van der Waals surface area contributed by atoms with Crippen LogP contribution in [0.5, 0.6) is 0 Å². The van der Waals surface area contributed by atoms with Crippen LogP contribution in [0.25, 0.3) is 0 Å². The molecule has 1 amide bonds. The molecular formula is C10H20N2O2. The molecule has 0 heterocycles. The third-order valence-electron chi connectivity index (χ3n) is 2.48. The van der Waals surface area contributed by atoms with Crippen LogP contribution in [0.3, 0.4) is 0 Å². The van der Waals surface area contributed by atoms with Gasteiger partial charge in [0.05, 0.1) is 12.0 Å². The van der Waals surface area contributed by atoms with E-state index in [1.807, 2.05) is 13.8 Å². The molecule has 0 aromatic rings. The minimum absolute atomic E-state index is 0.0833. The van der Waals surface area contributed by atoms with Gasteiger partial charge < -0.3 is 15.8 Å². The van der Waals surface area contributed by atoms with Gasteiger partial charge in [0.25, 0.3) is 0 Å². The van der Waals surface area contributed by atoms with Crippen molar-refractivity contribution in [3.63, 3.8) is 0 Å². The molecule has 0 aromatic carbocycles. The van der Waals surface area contributed by atoms with Crippen molar-refractivity contribution in [3.8, 4) is 0 Å². The normalized spacial score (nSPS) is 27.1. The summed E-state index contributed by atoms with van der Waals surface area (Å²) in [6.07, 6.45) is 1.03. The average Bonchev–Trinajstić information content (AvgIpc) is 2.93. The highest BCUT2D eigenvalue weighted by Gasteiger charge is 2.43. The minimum atomic E-state index is 0.0833. The van der Waals surface area contributed by atoms with Crippen LogP contribution in [0.15, 0.2) is 0 Å². The Balaban J connectivity index is 2.12. The Morgan fingerprint density at radius 2 is 2.43 bits per heavy atom. The molecule has 1 fully saturated rings. The molecular weight excluding hydrogens is 180 g/mol. The summed E-state index contributed by atoms with van der Waals surface area (Å²) in [7, 11) is 0. The van der Waals surface area contributed by atoms with Crippen molar-refractivity contribution in [1.29, 1.82) is 0 Å². The monoisotopic (exact) mass is 200 g/mol. The number of hydrogen-bond acceptors (Lipinski definition) is 3. The molecule has 82 valence electrons. The van der Waals surface area contributed by atoms with E-state index in [9.17, 15) is 4.79 Å². The Labute approximate surface area is 85.2 Å². The number of carbonyl (C=O) groups excluding carboxylic acids is 1. The van der Waals surface area contributed by atoms with Gasteiger partial charge in [-0.2, -0.15) is 0 Å². The smallest absolute Gasteiger partial charge is 0.225 e. The first-order chi connectivity index (χ1) is 6.69. The van der Waals surface area contributed by atoms with Gasteiger partial charge in [0.15, 0.2) is 0 Å². The molecule has 0 radical (unpaired) electrons. The molecule has 1 rings (SSSR count). The predicted octanol–water partition coefficient (Wildman–Crippen LogP) is 0.122. The van der Waals surface area contributed by atoms with Crippen LogP contribution in [0.2, 0.25) is 0 Å². The molecule has 3 atom stereocenters. The maximum atomic E-state index is 11.5. The molecule has 1 aliphatic carbocycles. The van der Waals surface area contributed by atoms with E-state index in [2.05, 4.69) is 5.32 Å². The van der Waals surface area contributed by atoms with Crippen molar-refractivity contribution in [3.05, 3.63) is 0 Å². The van der Waals surface area contributed by atoms with E-state index in [0.29, 0.717) is 25.6 Å². The third-order valence-corrected chi connectivity index (χ3v) is 2.48. The molecule has 4 heteroatoms. The lowest BCUT2D eigenvalue weighted by Crippen LogP contribution is -2.33. The molecule has 1 aliphatic rings. The summed E-state index contributed by atoms with van der Waals surface area (Å²) < 4.78 is 5.33. The number of hydrogen-bond donors (Lipinski definition) is 2. The summed E-state index contributed by atoms with van der Waals surface area (Å²) in [6, 6.07) is 0. The van der Waals surface area contributed by atoms with Crippen molar-refractivity contribution < 1.29 is 9.53 Å². The SMILES string of the molecule is CCOC1CC1C(=O)NCC(C)CN. The zero-order chi connectivity index (χ0) is 10.6. The summed E-state index contributed by atoms with van der Waals surface area (Å²) in [4.78, 5) is 11.5. The van der Waals surface area contributed by atoms with E-state index >= 15 is 0 Å². The van der Waals surface area contributed by atoms with E-state index in [4.69, 9.17) is 10.5 Å². The van der Waals surface area contributed by atoms with Crippen LogP contribution in [0.4, 0.5) is 0 Å². The number of nitrogens with two attached hydrogens (primary N) is 1. The predicted molar refractivity (Wildman–Crippen MR) is 54.7 cm³/mol. The standard InChI is InChI=1S/C10H20N2O2/c1-3-14-9-4-8(9)10(13)12-6-7(2)5-11/h7-9H,3-6,11H2,1-2H3,(H,12,13). The lowest BCUT2D eigenvalue weighted by Gasteiger charge is -2.09. The van der Waals surface area contributed by atoms with Crippen molar-refractivity contribution in [2.75, 3.05) is 19.7 Å². The average molecular weight is 200 g/mol. The molecule has 14 heavy (non-hydrogen) atoms. The lowest BCUT2D eigenvalue weighted by atomic mass is 10.2. The van der Waals surface area contributed by atoms with Crippen LogP contribution in [-0.2, 0) is 9.53 Å². The van der Waals surface area contributed by atoms with Crippen molar-refractivity contribution >= 4 is 5.91 Å². The second-order valence-corrected chi connectivity index (χ2v) is 3.92. The number of amides is 1. The van der Waals surface area contributed by atoms with Crippen LogP contribution in [0, 0.1) is 11.8 Å². The van der Waals surface area contributed by atoms with Gasteiger partial charge in [-0.15, -0.1) is 0 Å². The Bertz CT molecular complexity index is 197. The van der Waals surface area contributed by atoms with Gasteiger partial charge in [-0.05, 0) is 25.8 Å². The highest BCUT2D eigenvalue weighted by atomic mass is 16.5. The number of carbonyl (C=O) groups is 1. The third kappa shape index (κ3) is 3.27. The molecule has 3 N–H and O–H groups in total. The molecule has 0 saturated heterocycles. The number of ether oxygens (including phenoxy) is 1. The second kappa shape index (κ2) is 5.32. The fourth-order valence-electron chi connectivity index (χ4n) is 1.34. The largest absolute Gasteiger partial charge is 0.378 e. The summed E-state index contributed by atoms with van der Waals surface area (Å²) in [5.41, 5.74) is 5.45. The molecule has 4 nitrogen and oxygen atoms in total. The van der Waals surface area contributed by atoms with E-state index in [-0.39, 0.29) is 17.9 Å². The van der Waals surface area contributed by atoms with Crippen LogP contribution in [0.1, 0.15) is 20.3 Å². The highest BCUT2D eigenvalue weighted by Crippen LogP contribution is 2.33. The fraction of sp³-hybridized carbons (Fsp3) is 0.900. The quantitative estimate of drug-likeness (QED) is 0.640. The number of rotatable bonds is 6. The highest BCUT2D eigenvalue weighted by molar-refractivity contribution is 5.82. The Hall–Kier alpha value is -0.610. The fourth-order valence-corrected chi connectivity index (χ4v) is 1.34. The van der Waals surface area contributed by atoms with Crippen LogP contribution >= 0.6 is 0 Å². The minimum Gasteiger partial charge on any atom is -0.378 e. The van der Waals surface area contributed by atoms with Crippen molar-refractivity contribution in [2.24, 2.45) is 17.6 Å². The van der Waals surface area contributed by atoms with E-state index in [1.165, 1.54) is 0 Å². The van der Waals surface area contributed by atoms with Gasteiger partial charge in [-0.1, -0.05) is 6.92 Å². The molecule has 0 aliphatic heterocycles. The Kier molecular flexibility index (Phi) is 4.35. The van der Waals surface area contributed by atoms with Gasteiger partial charge in [-0.25, -0.2) is 0 Å². The van der Waals surface area contributed by atoms with Gasteiger partial charge >= 0.3 is 0 Å². The van der Waals surface area contributed by atoms with E-state index in [0.717, 1.165) is 6.42 Å². The molecule has 0 bridgehead atoms. The van der Waals surface area contributed by atoms with Crippen LogP contribution < -0.4 is 11.1 Å². The first-order valence-electron chi connectivity index (χ1n) is 5.28. The maximum absolute atomic E-state index is 11.5. The van der Waals surface area contributed by atoms with Gasteiger partial charge in [0.2, 0.25) is 5.91 Å². The first kappa shape index (κ1) is 11.5. The topological polar surface area (TPSA) is 64.3 Å². The van der Waals surface area contributed by atoms with Gasteiger partial charge in [-0.3, -0.25) is 4.79 Å². The Morgan fingerprint density at radius 3 is 3.00 bits per heavy atom. The number of nitrogens with one attached hydrogen (secondary N) is 1. The first-order valence-corrected chi connectivity index (χ1v) is 5.28. The summed E-state index contributed by atoms with van der Waals surface area (Å²) >= 11 is 0. The summed E-state index contributed by atoms with van der Waals surface area (Å²) in [5.74, 6) is 0.548. The molecule has 0 aromatic heterocycles. The maximum Gasteiger partial charge on any atom is 0.225 e. The summed E-state index contributed by atoms with van der Waals surface area (Å²) in [6.45, 7) is 5.94. The summed E-state index contributed by atoms with van der Waals surface area (Å²) in [5, 5.41) is 2.88. The molecule has 0 spiro atoms. The lowest BCUT2D eigenvalue weighted by molar-refractivity contribution is -0.123. The van der Waals surface area contributed by atoms with Crippen molar-refractivity contribution in [2.45, 2.75) is 26.4 Å². The van der Waals surface area contributed by atoms with Crippen LogP contribution in [-0.4, -0.2) is 31.7 Å². The Morgan fingerprint density at radius 1 is 1.71 bits per heavy atom. The van der Waals surface area contributed by atoms with Gasteiger partial charge in [0.1, 0.15) is 0 Å².